The fraction of sp³-hybridized carbons (Fsp3) is 0.600. The van der Waals surface area contributed by atoms with Crippen LogP contribution in [-0.4, -0.2) is 15.1 Å². The first-order chi connectivity index (χ1) is 21.9. The average molecular weight is 685 g/mol. The largest absolute Gasteiger partial charge is 1.20 e. The molecule has 4 heteroatoms. The zero-order chi connectivity index (χ0) is 37.9. The van der Waals surface area contributed by atoms with E-state index in [0.717, 1.165) is 17.2 Å². The molecule has 0 N–H and O–H groups in total. The van der Waals surface area contributed by atoms with E-state index < -0.39 is 15.1 Å². The molecule has 49 heavy (non-hydrogen) atoms. The van der Waals surface area contributed by atoms with E-state index in [4.69, 9.17) is 11.4 Å². The van der Waals surface area contributed by atoms with Crippen LogP contribution in [-0.2, 0) is 32.5 Å². The Morgan fingerprint density at radius 3 is 0.694 bits per heavy atom. The third-order valence-electron chi connectivity index (χ3n) is 9.41. The van der Waals surface area contributed by atoms with Gasteiger partial charge in [-0.05, 0) is 103 Å². The average Bonchev–Trinajstić information content (AvgIpc) is 2.84. The minimum atomic E-state index is -3.07. The summed E-state index contributed by atoms with van der Waals surface area (Å²) in [4.78, 5) is 0. The monoisotopic (exact) mass is 685 g/mol. The van der Waals surface area contributed by atoms with Crippen molar-refractivity contribution in [2.24, 2.45) is 0 Å². The number of benzene rings is 3. The first-order valence-corrected chi connectivity index (χ1v) is 19.7. The molecule has 0 bridgehead atoms. The Kier molecular flexibility index (Phi) is 11.4. The molecule has 0 amide bonds. The summed E-state index contributed by atoms with van der Waals surface area (Å²) in [5.74, 6) is 2.71. The van der Waals surface area contributed by atoms with Gasteiger partial charge >= 0.3 is 15.1 Å². The molecule has 0 atom stereocenters. The van der Waals surface area contributed by atoms with Crippen LogP contribution in [0.1, 0.15) is 175 Å². The van der Waals surface area contributed by atoms with Gasteiger partial charge in [0.1, 0.15) is 0 Å². The molecule has 3 aromatic carbocycles. The quantitative estimate of drug-likeness (QED) is 0.242. The van der Waals surface area contributed by atoms with Gasteiger partial charge in [0, 0.05) is 0 Å². The lowest BCUT2D eigenvalue weighted by Crippen LogP contribution is -2.41. The SMILES string of the molecule is Cc1ccc(C(C)(C)C)c([O][Al]([O]c2c(C(C)(C)C)ccc(C)c2C(C)(C)C)[O]c2c(C(C)(C)C)ccc(C)c2C(C)(C)C)c1C(C)(C)C. The summed E-state index contributed by atoms with van der Waals surface area (Å²) in [5.41, 5.74) is 9.81. The van der Waals surface area contributed by atoms with E-state index in [-0.39, 0.29) is 32.5 Å². The number of rotatable bonds is 6. The molecular weight excluding hydrogens is 615 g/mol. The highest BCUT2D eigenvalue weighted by molar-refractivity contribution is 6.40. The Morgan fingerprint density at radius 1 is 0.327 bits per heavy atom. The molecule has 0 aliphatic rings. The van der Waals surface area contributed by atoms with E-state index in [1.807, 2.05) is 0 Å². The highest BCUT2D eigenvalue weighted by Crippen LogP contribution is 2.46. The molecule has 3 nitrogen and oxygen atoms in total. The maximum absolute atomic E-state index is 7.46. The lowest BCUT2D eigenvalue weighted by Gasteiger charge is -2.36. The van der Waals surface area contributed by atoms with Crippen LogP contribution in [0.2, 0.25) is 0 Å². The highest BCUT2D eigenvalue weighted by atomic mass is 27.3. The normalized spacial score (nSPS) is 13.4. The molecule has 0 saturated carbocycles. The van der Waals surface area contributed by atoms with Crippen LogP contribution in [0.25, 0.3) is 0 Å². The van der Waals surface area contributed by atoms with Gasteiger partial charge in [-0.3, -0.25) is 0 Å². The standard InChI is InChI=1S/3C15H24O.Al/c3*1-10-8-9-11(14(2,3)4)13(16)12(10)15(5,6)7;/h3*8-9,16H,1-7H3;/q;;;+3/p-3. The van der Waals surface area contributed by atoms with Gasteiger partial charge in [-0.1, -0.05) is 161 Å². The van der Waals surface area contributed by atoms with Crippen molar-refractivity contribution in [2.75, 3.05) is 0 Å². The Labute approximate surface area is 307 Å². The highest BCUT2D eigenvalue weighted by Gasteiger charge is 2.50. The summed E-state index contributed by atoms with van der Waals surface area (Å²) >= 11 is -3.07. The molecule has 0 aliphatic carbocycles. The summed E-state index contributed by atoms with van der Waals surface area (Å²) < 4.78 is 22.4. The van der Waals surface area contributed by atoms with E-state index in [2.05, 4.69) is 182 Å². The maximum Gasteiger partial charge on any atom is 1.20 e. The van der Waals surface area contributed by atoms with Crippen molar-refractivity contribution >= 4 is 15.1 Å². The predicted octanol–water partition coefficient (Wildman–Crippen LogP) is 12.9. The summed E-state index contributed by atoms with van der Waals surface area (Å²) in [7, 11) is 0. The maximum atomic E-state index is 7.46. The lowest BCUT2D eigenvalue weighted by molar-refractivity contribution is 0.286. The van der Waals surface area contributed by atoms with Crippen molar-refractivity contribution < 1.29 is 11.4 Å². The minimum Gasteiger partial charge on any atom is -0.577 e. The molecule has 270 valence electrons. The number of aryl methyl sites for hydroxylation is 3. The Morgan fingerprint density at radius 2 is 0.531 bits per heavy atom. The van der Waals surface area contributed by atoms with E-state index in [1.54, 1.807) is 0 Å². The molecular formula is C45H69AlO3. The second kappa shape index (κ2) is 13.6. The Bertz CT molecular complexity index is 1450. The van der Waals surface area contributed by atoms with Gasteiger partial charge < -0.3 is 11.4 Å². The zero-order valence-corrected chi connectivity index (χ0v) is 36.4. The van der Waals surface area contributed by atoms with Crippen molar-refractivity contribution in [3.05, 3.63) is 86.5 Å². The first kappa shape index (κ1) is 41.0. The zero-order valence-electron chi connectivity index (χ0n) is 35.3. The van der Waals surface area contributed by atoms with Crippen molar-refractivity contribution in [3.8, 4) is 17.2 Å². The van der Waals surface area contributed by atoms with Crippen LogP contribution in [0, 0.1) is 20.8 Å². The third kappa shape index (κ3) is 9.29. The van der Waals surface area contributed by atoms with Crippen LogP contribution in [0.3, 0.4) is 0 Å². The molecule has 0 fully saturated rings. The Hall–Kier alpha value is -2.41. The van der Waals surface area contributed by atoms with Gasteiger partial charge in [0.2, 0.25) is 0 Å². The van der Waals surface area contributed by atoms with Crippen LogP contribution in [0.15, 0.2) is 36.4 Å². The van der Waals surface area contributed by atoms with Crippen LogP contribution < -0.4 is 11.4 Å². The molecule has 0 spiro atoms. The Balaban J connectivity index is 2.53. The van der Waals surface area contributed by atoms with Crippen molar-refractivity contribution in [3.63, 3.8) is 0 Å². The van der Waals surface area contributed by atoms with E-state index >= 15 is 0 Å². The molecule has 0 aliphatic heterocycles. The molecule has 3 aromatic rings. The van der Waals surface area contributed by atoms with Gasteiger partial charge in [-0.2, -0.15) is 0 Å². The smallest absolute Gasteiger partial charge is 0.577 e. The molecule has 0 saturated heterocycles. The van der Waals surface area contributed by atoms with Crippen LogP contribution >= 0.6 is 0 Å². The predicted molar refractivity (Wildman–Crippen MR) is 213 cm³/mol. The fourth-order valence-electron chi connectivity index (χ4n) is 7.34. The van der Waals surface area contributed by atoms with Gasteiger partial charge in [0.15, 0.2) is 0 Å². The molecule has 0 unspecified atom stereocenters. The van der Waals surface area contributed by atoms with Gasteiger partial charge in [-0.25, -0.2) is 0 Å². The summed E-state index contributed by atoms with van der Waals surface area (Å²) in [6.45, 7) is 47.5. The van der Waals surface area contributed by atoms with Crippen molar-refractivity contribution in [1.29, 1.82) is 0 Å². The van der Waals surface area contributed by atoms with E-state index in [0.29, 0.717) is 0 Å². The molecule has 3 rings (SSSR count). The van der Waals surface area contributed by atoms with Gasteiger partial charge in [0.25, 0.3) is 0 Å². The van der Waals surface area contributed by atoms with Crippen LogP contribution in [0.5, 0.6) is 17.2 Å². The summed E-state index contributed by atoms with van der Waals surface area (Å²) in [6, 6.07) is 13.5. The molecule has 0 radical (unpaired) electrons. The lowest BCUT2D eigenvalue weighted by atomic mass is 9.77. The minimum absolute atomic E-state index is 0.158. The topological polar surface area (TPSA) is 27.7 Å². The van der Waals surface area contributed by atoms with E-state index in [9.17, 15) is 0 Å². The molecule has 0 aromatic heterocycles. The summed E-state index contributed by atoms with van der Waals surface area (Å²) in [5, 5.41) is 0. The molecule has 0 heterocycles. The van der Waals surface area contributed by atoms with E-state index in [1.165, 1.54) is 50.1 Å². The summed E-state index contributed by atoms with van der Waals surface area (Å²) in [6.07, 6.45) is 0. The van der Waals surface area contributed by atoms with Gasteiger partial charge in [0.05, 0.1) is 17.2 Å². The van der Waals surface area contributed by atoms with Crippen LogP contribution in [0.4, 0.5) is 0 Å². The van der Waals surface area contributed by atoms with Crippen molar-refractivity contribution in [1.82, 2.24) is 0 Å². The third-order valence-corrected chi connectivity index (χ3v) is 10.7. The van der Waals surface area contributed by atoms with Gasteiger partial charge in [-0.15, -0.1) is 0 Å². The van der Waals surface area contributed by atoms with Crippen molar-refractivity contribution in [2.45, 2.75) is 178 Å². The first-order valence-electron chi connectivity index (χ1n) is 18.3. The second-order valence-electron chi connectivity index (χ2n) is 20.5. The second-order valence-corrected chi connectivity index (χ2v) is 21.8. The number of hydrogen-bond acceptors (Lipinski definition) is 3. The number of hydrogen-bond donors (Lipinski definition) is 0. The fourth-order valence-corrected chi connectivity index (χ4v) is 8.80.